The van der Waals surface area contributed by atoms with E-state index >= 15 is 0 Å². The first-order valence-corrected chi connectivity index (χ1v) is 10.1. The highest BCUT2D eigenvalue weighted by molar-refractivity contribution is 7.18. The number of anilines is 2. The van der Waals surface area contributed by atoms with Gasteiger partial charge in [0.1, 0.15) is 5.82 Å². The zero-order valence-electron chi connectivity index (χ0n) is 16.1. The van der Waals surface area contributed by atoms with Gasteiger partial charge in [-0.2, -0.15) is 0 Å². The lowest BCUT2D eigenvalue weighted by Gasteiger charge is -2.11. The Hall–Kier alpha value is -3.49. The van der Waals surface area contributed by atoms with E-state index in [0.29, 0.717) is 35.7 Å². The fourth-order valence-corrected chi connectivity index (χ4v) is 4.10. The SMILES string of the molecule is COCCNC(=O)c1cccc(Nc2nc3cc(C(=O)O)ccc3c3sccc23)c1. The molecule has 7 nitrogen and oxygen atoms in total. The Kier molecular flexibility index (Phi) is 5.60. The molecular formula is C22H19N3O4S. The second kappa shape index (κ2) is 8.48. The largest absolute Gasteiger partial charge is 0.478 e. The van der Waals surface area contributed by atoms with Gasteiger partial charge in [0, 0.05) is 40.4 Å². The predicted molar refractivity (Wildman–Crippen MR) is 118 cm³/mol. The van der Waals surface area contributed by atoms with Crippen molar-refractivity contribution in [1.82, 2.24) is 10.3 Å². The maximum absolute atomic E-state index is 12.3. The molecule has 0 radical (unpaired) electrons. The molecule has 1 amide bonds. The van der Waals surface area contributed by atoms with Crippen molar-refractivity contribution in [2.75, 3.05) is 25.6 Å². The molecule has 152 valence electrons. The van der Waals surface area contributed by atoms with Crippen LogP contribution in [0.1, 0.15) is 20.7 Å². The van der Waals surface area contributed by atoms with Gasteiger partial charge in [-0.05, 0) is 41.8 Å². The zero-order chi connectivity index (χ0) is 21.1. The molecule has 0 saturated heterocycles. The second-order valence-electron chi connectivity index (χ2n) is 6.62. The number of nitrogens with zero attached hydrogens (tertiary/aromatic N) is 1. The molecule has 0 fully saturated rings. The Morgan fingerprint density at radius 1 is 1.10 bits per heavy atom. The standard InChI is InChI=1S/C22H19N3O4S/c1-29-9-8-23-21(26)13-3-2-4-15(11-13)24-20-17-7-10-30-19(17)16-6-5-14(22(27)28)12-18(16)25-20/h2-7,10-12H,8-9H2,1H3,(H,23,26)(H,24,25)(H,27,28). The van der Waals surface area contributed by atoms with E-state index in [1.807, 2.05) is 17.5 Å². The van der Waals surface area contributed by atoms with Gasteiger partial charge in [-0.3, -0.25) is 4.79 Å². The van der Waals surface area contributed by atoms with E-state index in [-0.39, 0.29) is 11.5 Å². The van der Waals surface area contributed by atoms with Gasteiger partial charge in [0.15, 0.2) is 0 Å². The summed E-state index contributed by atoms with van der Waals surface area (Å²) >= 11 is 1.57. The van der Waals surface area contributed by atoms with Crippen LogP contribution in [0.15, 0.2) is 53.9 Å². The average molecular weight is 421 g/mol. The third-order valence-electron chi connectivity index (χ3n) is 4.62. The van der Waals surface area contributed by atoms with Crippen LogP contribution in [0.4, 0.5) is 11.5 Å². The molecule has 2 aromatic heterocycles. The lowest BCUT2D eigenvalue weighted by atomic mass is 10.1. The lowest BCUT2D eigenvalue weighted by Crippen LogP contribution is -2.26. The van der Waals surface area contributed by atoms with Crippen LogP contribution in [-0.2, 0) is 4.74 Å². The fourth-order valence-electron chi connectivity index (χ4n) is 3.17. The Bertz CT molecular complexity index is 1250. The van der Waals surface area contributed by atoms with Crippen molar-refractivity contribution in [2.45, 2.75) is 0 Å². The highest BCUT2D eigenvalue weighted by Crippen LogP contribution is 2.35. The van der Waals surface area contributed by atoms with E-state index in [4.69, 9.17) is 4.74 Å². The summed E-state index contributed by atoms with van der Waals surface area (Å²) in [5.74, 6) is -0.571. The van der Waals surface area contributed by atoms with E-state index < -0.39 is 5.97 Å². The Morgan fingerprint density at radius 2 is 1.97 bits per heavy atom. The maximum Gasteiger partial charge on any atom is 0.335 e. The van der Waals surface area contributed by atoms with Crippen molar-refractivity contribution in [1.29, 1.82) is 0 Å². The molecule has 0 saturated carbocycles. The van der Waals surface area contributed by atoms with Crippen molar-refractivity contribution in [3.63, 3.8) is 0 Å². The van der Waals surface area contributed by atoms with Crippen LogP contribution in [0.25, 0.3) is 21.0 Å². The number of ether oxygens (including phenoxy) is 1. The molecule has 0 aliphatic rings. The minimum atomic E-state index is -0.994. The first kappa shape index (κ1) is 19.8. The number of hydrogen-bond donors (Lipinski definition) is 3. The monoisotopic (exact) mass is 421 g/mol. The van der Waals surface area contributed by atoms with Crippen LogP contribution in [-0.4, -0.2) is 42.2 Å². The van der Waals surface area contributed by atoms with Gasteiger partial charge in [0.2, 0.25) is 0 Å². The number of pyridine rings is 1. The number of amides is 1. The summed E-state index contributed by atoms with van der Waals surface area (Å²) < 4.78 is 5.97. The average Bonchev–Trinajstić information content (AvgIpc) is 3.24. The number of aromatic nitrogens is 1. The number of thiophene rings is 1. The molecule has 0 spiro atoms. The van der Waals surface area contributed by atoms with Crippen molar-refractivity contribution in [3.05, 3.63) is 65.0 Å². The van der Waals surface area contributed by atoms with Crippen molar-refractivity contribution in [2.24, 2.45) is 0 Å². The van der Waals surface area contributed by atoms with Gasteiger partial charge in [-0.15, -0.1) is 11.3 Å². The molecule has 0 bridgehead atoms. The van der Waals surface area contributed by atoms with Crippen LogP contribution in [0, 0.1) is 0 Å². The van der Waals surface area contributed by atoms with E-state index in [1.165, 1.54) is 0 Å². The van der Waals surface area contributed by atoms with Gasteiger partial charge in [-0.1, -0.05) is 12.1 Å². The van der Waals surface area contributed by atoms with E-state index in [2.05, 4.69) is 15.6 Å². The summed E-state index contributed by atoms with van der Waals surface area (Å²) in [7, 11) is 1.58. The molecular weight excluding hydrogens is 402 g/mol. The van der Waals surface area contributed by atoms with Crippen LogP contribution >= 0.6 is 11.3 Å². The first-order chi connectivity index (χ1) is 14.6. The van der Waals surface area contributed by atoms with Crippen LogP contribution in [0.5, 0.6) is 0 Å². The summed E-state index contributed by atoms with van der Waals surface area (Å²) in [5.41, 5.74) is 2.02. The van der Waals surface area contributed by atoms with Crippen molar-refractivity contribution < 1.29 is 19.4 Å². The third kappa shape index (κ3) is 3.96. The summed E-state index contributed by atoms with van der Waals surface area (Å²) in [4.78, 5) is 28.3. The zero-order valence-corrected chi connectivity index (χ0v) is 17.0. The van der Waals surface area contributed by atoms with Gasteiger partial charge >= 0.3 is 5.97 Å². The second-order valence-corrected chi connectivity index (χ2v) is 7.53. The van der Waals surface area contributed by atoms with E-state index in [0.717, 1.165) is 15.5 Å². The number of methoxy groups -OCH3 is 1. The van der Waals surface area contributed by atoms with Gasteiger partial charge in [0.05, 0.1) is 17.7 Å². The predicted octanol–water partition coefficient (Wildman–Crippen LogP) is 4.27. The van der Waals surface area contributed by atoms with E-state index in [1.54, 1.807) is 54.8 Å². The van der Waals surface area contributed by atoms with Crippen LogP contribution in [0.3, 0.4) is 0 Å². The minimum Gasteiger partial charge on any atom is -0.478 e. The normalized spacial score (nSPS) is 11.0. The quantitative estimate of drug-likeness (QED) is 0.385. The van der Waals surface area contributed by atoms with Crippen molar-refractivity contribution in [3.8, 4) is 0 Å². The first-order valence-electron chi connectivity index (χ1n) is 9.25. The Morgan fingerprint density at radius 3 is 2.77 bits per heavy atom. The molecule has 3 N–H and O–H groups in total. The Balaban J connectivity index is 1.69. The van der Waals surface area contributed by atoms with Gasteiger partial charge in [0.25, 0.3) is 5.91 Å². The number of carbonyl (C=O) groups excluding carboxylic acids is 1. The van der Waals surface area contributed by atoms with Crippen LogP contribution in [0.2, 0.25) is 0 Å². The van der Waals surface area contributed by atoms with Gasteiger partial charge in [-0.25, -0.2) is 9.78 Å². The summed E-state index contributed by atoms with van der Waals surface area (Å²) in [6, 6.07) is 14.1. The molecule has 4 aromatic rings. The number of hydrogen-bond acceptors (Lipinski definition) is 6. The lowest BCUT2D eigenvalue weighted by molar-refractivity contribution is 0.0696. The Labute approximate surface area is 176 Å². The molecule has 30 heavy (non-hydrogen) atoms. The number of carbonyl (C=O) groups is 2. The molecule has 8 heteroatoms. The minimum absolute atomic E-state index is 0.186. The molecule has 2 aromatic carbocycles. The van der Waals surface area contributed by atoms with Crippen LogP contribution < -0.4 is 10.6 Å². The summed E-state index contributed by atoms with van der Waals surface area (Å²) in [6.45, 7) is 0.875. The molecule has 0 aliphatic carbocycles. The molecule has 0 aliphatic heterocycles. The third-order valence-corrected chi connectivity index (χ3v) is 5.57. The smallest absolute Gasteiger partial charge is 0.335 e. The number of rotatable bonds is 7. The number of carboxylic acid groups (broad SMARTS) is 1. The summed E-state index contributed by atoms with van der Waals surface area (Å²) in [6.07, 6.45) is 0. The number of benzene rings is 2. The van der Waals surface area contributed by atoms with E-state index in [9.17, 15) is 14.7 Å². The topological polar surface area (TPSA) is 101 Å². The number of nitrogens with one attached hydrogen (secondary N) is 2. The van der Waals surface area contributed by atoms with Gasteiger partial charge < -0.3 is 20.5 Å². The molecule has 4 rings (SSSR count). The molecule has 0 atom stereocenters. The number of aromatic carboxylic acids is 1. The number of fused-ring (bicyclic) bond motifs is 3. The highest BCUT2D eigenvalue weighted by Gasteiger charge is 2.13. The van der Waals surface area contributed by atoms with Crippen molar-refractivity contribution >= 4 is 55.7 Å². The fraction of sp³-hybridized carbons (Fsp3) is 0.136. The maximum atomic E-state index is 12.3. The highest BCUT2D eigenvalue weighted by atomic mass is 32.1. The molecule has 0 unspecified atom stereocenters. The molecule has 2 heterocycles. The summed E-state index contributed by atoms with van der Waals surface area (Å²) in [5, 5.41) is 19.2. The number of carboxylic acids is 1.